The number of pyridine rings is 1. The molecule has 0 saturated carbocycles. The lowest BCUT2D eigenvalue weighted by atomic mass is 9.94. The predicted octanol–water partition coefficient (Wildman–Crippen LogP) is 4.80. The van der Waals surface area contributed by atoms with E-state index in [2.05, 4.69) is 9.72 Å². The number of methoxy groups -OCH3 is 1. The molecular weight excluding hydrogens is 424 g/mol. The van der Waals surface area contributed by atoms with Crippen LogP contribution in [0.3, 0.4) is 0 Å². The second kappa shape index (κ2) is 16.9. The van der Waals surface area contributed by atoms with Gasteiger partial charge in [0.15, 0.2) is 0 Å². The van der Waals surface area contributed by atoms with E-state index in [0.717, 1.165) is 18.5 Å². The van der Waals surface area contributed by atoms with Gasteiger partial charge in [-0.05, 0) is 58.6 Å². The molecule has 1 aliphatic heterocycles. The molecule has 0 atom stereocenters. The Morgan fingerprint density at radius 2 is 1.73 bits per heavy atom. The van der Waals surface area contributed by atoms with Crippen molar-refractivity contribution < 1.29 is 28.6 Å². The minimum atomic E-state index is -0.458. The highest BCUT2D eigenvalue weighted by Gasteiger charge is 2.27. The smallest absolute Gasteiger partial charge is 0.410 e. The summed E-state index contributed by atoms with van der Waals surface area (Å²) in [4.78, 5) is 39.7. The number of piperidine rings is 1. The highest BCUT2D eigenvalue weighted by molar-refractivity contribution is 5.70. The number of nitrogens with zero attached hydrogens (tertiary/aromatic N) is 2. The number of esters is 2. The number of carbonyl (C=O) groups excluding carboxylic acids is 3. The number of aromatic nitrogens is 1. The van der Waals surface area contributed by atoms with Crippen molar-refractivity contribution in [3.63, 3.8) is 0 Å². The molecule has 1 fully saturated rings. The first-order chi connectivity index (χ1) is 15.6. The van der Waals surface area contributed by atoms with Crippen LogP contribution in [-0.2, 0) is 30.2 Å². The number of rotatable bonds is 6. The van der Waals surface area contributed by atoms with Crippen LogP contribution in [0.25, 0.3) is 0 Å². The lowest BCUT2D eigenvalue weighted by Gasteiger charge is -2.33. The zero-order valence-electron chi connectivity index (χ0n) is 21.4. The maximum atomic E-state index is 11.8. The number of likely N-dealkylation sites (tertiary alicyclic amines) is 1. The minimum absolute atomic E-state index is 0.159. The van der Waals surface area contributed by atoms with Gasteiger partial charge in [-0.1, -0.05) is 19.9 Å². The topological polar surface area (TPSA) is 95.0 Å². The third-order valence-corrected chi connectivity index (χ3v) is 4.57. The number of aryl methyl sites for hydroxylation is 1. The Bertz CT molecular complexity index is 680. The number of amides is 1. The molecular formula is C25H42N2O6. The van der Waals surface area contributed by atoms with Crippen molar-refractivity contribution in [2.75, 3.05) is 26.8 Å². The summed E-state index contributed by atoms with van der Waals surface area (Å²) in [5.74, 6) is -0.0185. The molecule has 0 N–H and O–H groups in total. The fourth-order valence-electron chi connectivity index (χ4n) is 2.97. The molecule has 0 unspecified atom stereocenters. The van der Waals surface area contributed by atoms with Crippen molar-refractivity contribution in [3.05, 3.63) is 30.1 Å². The van der Waals surface area contributed by atoms with E-state index < -0.39 is 5.60 Å². The van der Waals surface area contributed by atoms with E-state index in [4.69, 9.17) is 9.47 Å². The number of carbonyl (C=O) groups is 3. The molecule has 0 radical (unpaired) electrons. The van der Waals surface area contributed by atoms with Gasteiger partial charge in [-0.3, -0.25) is 14.6 Å². The molecule has 1 saturated heterocycles. The molecule has 8 nitrogen and oxygen atoms in total. The van der Waals surface area contributed by atoms with E-state index >= 15 is 0 Å². The van der Waals surface area contributed by atoms with Gasteiger partial charge in [0, 0.05) is 37.8 Å². The first kappa shape index (κ1) is 30.4. The van der Waals surface area contributed by atoms with Crippen molar-refractivity contribution in [1.29, 1.82) is 0 Å². The third kappa shape index (κ3) is 14.9. The number of ether oxygens (including phenoxy) is 3. The molecule has 1 aliphatic rings. The Morgan fingerprint density at radius 1 is 1.09 bits per heavy atom. The average Bonchev–Trinajstić information content (AvgIpc) is 2.79. The Hall–Kier alpha value is -2.64. The first-order valence-corrected chi connectivity index (χ1v) is 11.7. The normalized spacial score (nSPS) is 13.5. The molecule has 0 aromatic carbocycles. The van der Waals surface area contributed by atoms with E-state index in [0.29, 0.717) is 44.9 Å². The standard InChI is InChI=1S/C13H23NO4.C10H13NO2.C2H6/c1-13(2,3)18-12(16)14-7-5-10(6-8-14)9-11(15)17-4;1-2-13-10(12)7-6-9-5-3-4-8-11-9;1-2/h10H,5-9H2,1-4H3;3-5,8H,2,6-7H2,1H3;1-2H3. The first-order valence-electron chi connectivity index (χ1n) is 11.7. The monoisotopic (exact) mass is 466 g/mol. The van der Waals surface area contributed by atoms with Gasteiger partial charge in [-0.15, -0.1) is 0 Å². The van der Waals surface area contributed by atoms with Gasteiger partial charge in [-0.25, -0.2) is 4.79 Å². The molecule has 1 aromatic heterocycles. The summed E-state index contributed by atoms with van der Waals surface area (Å²) in [6, 6.07) is 5.67. The van der Waals surface area contributed by atoms with Crippen molar-refractivity contribution in [1.82, 2.24) is 9.88 Å². The van der Waals surface area contributed by atoms with E-state index in [1.165, 1.54) is 7.11 Å². The van der Waals surface area contributed by atoms with Crippen LogP contribution in [-0.4, -0.2) is 60.3 Å². The van der Waals surface area contributed by atoms with Crippen LogP contribution in [0.15, 0.2) is 24.4 Å². The summed E-state index contributed by atoms with van der Waals surface area (Å²) >= 11 is 0. The summed E-state index contributed by atoms with van der Waals surface area (Å²) in [6.07, 6.45) is 4.62. The minimum Gasteiger partial charge on any atom is -0.469 e. The van der Waals surface area contributed by atoms with Crippen LogP contribution < -0.4 is 0 Å². The quantitative estimate of drug-likeness (QED) is 0.439. The molecule has 33 heavy (non-hydrogen) atoms. The van der Waals surface area contributed by atoms with Gasteiger partial charge in [0.1, 0.15) is 5.60 Å². The van der Waals surface area contributed by atoms with E-state index in [1.807, 2.05) is 52.8 Å². The second-order valence-electron chi connectivity index (χ2n) is 8.32. The Morgan fingerprint density at radius 3 is 2.21 bits per heavy atom. The predicted molar refractivity (Wildman–Crippen MR) is 128 cm³/mol. The van der Waals surface area contributed by atoms with Crippen molar-refractivity contribution in [2.45, 2.75) is 79.2 Å². The number of hydrogen-bond acceptors (Lipinski definition) is 7. The third-order valence-electron chi connectivity index (χ3n) is 4.57. The fourth-order valence-corrected chi connectivity index (χ4v) is 2.97. The van der Waals surface area contributed by atoms with Gasteiger partial charge in [-0.2, -0.15) is 0 Å². The Labute approximate surface area is 199 Å². The molecule has 2 heterocycles. The average molecular weight is 467 g/mol. The molecule has 2 rings (SSSR count). The largest absolute Gasteiger partial charge is 0.469 e. The van der Waals surface area contributed by atoms with Crippen LogP contribution in [0.2, 0.25) is 0 Å². The number of hydrogen-bond donors (Lipinski definition) is 0. The molecule has 0 spiro atoms. The highest BCUT2D eigenvalue weighted by atomic mass is 16.6. The lowest BCUT2D eigenvalue weighted by Crippen LogP contribution is -2.42. The Kier molecular flexibility index (Phi) is 15.6. The van der Waals surface area contributed by atoms with E-state index in [1.54, 1.807) is 18.0 Å². The van der Waals surface area contributed by atoms with Crippen LogP contribution >= 0.6 is 0 Å². The highest BCUT2D eigenvalue weighted by Crippen LogP contribution is 2.22. The van der Waals surface area contributed by atoms with Gasteiger partial charge in [0.2, 0.25) is 0 Å². The second-order valence-corrected chi connectivity index (χ2v) is 8.32. The van der Waals surface area contributed by atoms with Crippen LogP contribution in [0.4, 0.5) is 4.79 Å². The van der Waals surface area contributed by atoms with E-state index in [9.17, 15) is 14.4 Å². The van der Waals surface area contributed by atoms with Crippen molar-refractivity contribution in [2.24, 2.45) is 5.92 Å². The maximum absolute atomic E-state index is 11.8. The summed E-state index contributed by atoms with van der Waals surface area (Å²) < 4.78 is 14.8. The SMILES string of the molecule is CC.CCOC(=O)CCc1ccccn1.COC(=O)CC1CCN(C(=O)OC(C)(C)C)CC1. The van der Waals surface area contributed by atoms with Gasteiger partial charge < -0.3 is 19.1 Å². The lowest BCUT2D eigenvalue weighted by molar-refractivity contribution is -0.143. The van der Waals surface area contributed by atoms with Crippen LogP contribution in [0.5, 0.6) is 0 Å². The van der Waals surface area contributed by atoms with Crippen molar-refractivity contribution in [3.8, 4) is 0 Å². The Balaban J connectivity index is 0.000000602. The van der Waals surface area contributed by atoms with E-state index in [-0.39, 0.29) is 18.0 Å². The van der Waals surface area contributed by atoms with Gasteiger partial charge in [0.25, 0.3) is 0 Å². The summed E-state index contributed by atoms with van der Waals surface area (Å²) in [6.45, 7) is 13.1. The molecule has 188 valence electrons. The summed E-state index contributed by atoms with van der Waals surface area (Å²) in [5, 5.41) is 0. The molecule has 8 heteroatoms. The molecule has 0 bridgehead atoms. The van der Waals surface area contributed by atoms with Gasteiger partial charge in [0.05, 0.1) is 20.1 Å². The van der Waals surface area contributed by atoms with Crippen molar-refractivity contribution >= 4 is 18.0 Å². The van der Waals surface area contributed by atoms with Crippen LogP contribution in [0.1, 0.15) is 72.9 Å². The molecule has 1 amide bonds. The summed E-state index contributed by atoms with van der Waals surface area (Å²) in [5.41, 5.74) is 0.468. The molecule has 0 aliphatic carbocycles. The molecule has 1 aromatic rings. The van der Waals surface area contributed by atoms with Gasteiger partial charge >= 0.3 is 18.0 Å². The van der Waals surface area contributed by atoms with Crippen LogP contribution in [0, 0.1) is 5.92 Å². The summed E-state index contributed by atoms with van der Waals surface area (Å²) in [7, 11) is 1.40. The zero-order valence-corrected chi connectivity index (χ0v) is 21.4. The zero-order chi connectivity index (χ0) is 25.3. The fraction of sp³-hybridized carbons (Fsp3) is 0.680. The maximum Gasteiger partial charge on any atom is 0.410 e.